The SMILES string of the molecule is CCOCCCNc1c(C#N)c(C)nn1C. The van der Waals surface area contributed by atoms with Crippen molar-refractivity contribution < 1.29 is 4.74 Å². The molecule has 0 bridgehead atoms. The highest BCUT2D eigenvalue weighted by Crippen LogP contribution is 2.16. The summed E-state index contributed by atoms with van der Waals surface area (Å²) in [4.78, 5) is 0. The van der Waals surface area contributed by atoms with Crippen molar-refractivity contribution in [1.29, 1.82) is 5.26 Å². The summed E-state index contributed by atoms with van der Waals surface area (Å²) in [5.74, 6) is 0.788. The molecule has 1 aromatic rings. The van der Waals surface area contributed by atoms with E-state index in [9.17, 15) is 0 Å². The maximum atomic E-state index is 8.99. The molecule has 0 aliphatic carbocycles. The molecule has 16 heavy (non-hydrogen) atoms. The third-order valence-corrected chi connectivity index (χ3v) is 2.30. The Labute approximate surface area is 96.0 Å². The number of hydrogen-bond acceptors (Lipinski definition) is 4. The van der Waals surface area contributed by atoms with Crippen LogP contribution in [0.5, 0.6) is 0 Å². The smallest absolute Gasteiger partial charge is 0.142 e. The Morgan fingerprint density at radius 1 is 1.56 bits per heavy atom. The number of aromatic nitrogens is 2. The summed E-state index contributed by atoms with van der Waals surface area (Å²) < 4.78 is 6.94. The highest BCUT2D eigenvalue weighted by atomic mass is 16.5. The summed E-state index contributed by atoms with van der Waals surface area (Å²) in [5, 5.41) is 16.4. The number of nitriles is 1. The second kappa shape index (κ2) is 6.13. The fraction of sp³-hybridized carbons (Fsp3) is 0.636. The first kappa shape index (κ1) is 12.5. The lowest BCUT2D eigenvalue weighted by molar-refractivity contribution is 0.147. The van der Waals surface area contributed by atoms with Gasteiger partial charge >= 0.3 is 0 Å². The summed E-state index contributed by atoms with van der Waals surface area (Å²) in [6, 6.07) is 2.16. The normalized spacial score (nSPS) is 10.1. The number of ether oxygens (including phenoxy) is 1. The first-order chi connectivity index (χ1) is 7.70. The Morgan fingerprint density at radius 2 is 2.31 bits per heavy atom. The number of nitrogens with one attached hydrogen (secondary N) is 1. The summed E-state index contributed by atoms with van der Waals surface area (Å²) in [7, 11) is 1.83. The molecule has 0 radical (unpaired) electrons. The van der Waals surface area contributed by atoms with Gasteiger partial charge in [-0.05, 0) is 20.3 Å². The van der Waals surface area contributed by atoms with Crippen LogP contribution in [-0.4, -0.2) is 29.5 Å². The van der Waals surface area contributed by atoms with Crippen LogP contribution in [0.2, 0.25) is 0 Å². The molecule has 0 unspecified atom stereocenters. The van der Waals surface area contributed by atoms with Crippen LogP contribution in [0, 0.1) is 18.3 Å². The van der Waals surface area contributed by atoms with Gasteiger partial charge in [-0.1, -0.05) is 0 Å². The van der Waals surface area contributed by atoms with Crippen LogP contribution < -0.4 is 5.32 Å². The van der Waals surface area contributed by atoms with Crippen molar-refractivity contribution in [3.63, 3.8) is 0 Å². The zero-order valence-corrected chi connectivity index (χ0v) is 10.1. The van der Waals surface area contributed by atoms with Crippen molar-refractivity contribution in [1.82, 2.24) is 9.78 Å². The van der Waals surface area contributed by atoms with Crippen molar-refractivity contribution in [2.45, 2.75) is 20.3 Å². The van der Waals surface area contributed by atoms with Crippen molar-refractivity contribution in [3.05, 3.63) is 11.3 Å². The van der Waals surface area contributed by atoms with Gasteiger partial charge < -0.3 is 10.1 Å². The molecule has 5 heteroatoms. The molecule has 1 N–H and O–H groups in total. The van der Waals surface area contributed by atoms with E-state index in [2.05, 4.69) is 16.5 Å². The minimum absolute atomic E-state index is 0.624. The predicted octanol–water partition coefficient (Wildman–Crippen LogP) is 1.44. The first-order valence-corrected chi connectivity index (χ1v) is 5.46. The molecule has 0 saturated carbocycles. The molecular formula is C11H18N4O. The van der Waals surface area contributed by atoms with Gasteiger partial charge in [-0.15, -0.1) is 0 Å². The minimum Gasteiger partial charge on any atom is -0.382 e. The van der Waals surface area contributed by atoms with Gasteiger partial charge in [-0.2, -0.15) is 10.4 Å². The lowest BCUT2D eigenvalue weighted by Crippen LogP contribution is -2.09. The van der Waals surface area contributed by atoms with E-state index in [1.54, 1.807) is 4.68 Å². The number of hydrogen-bond donors (Lipinski definition) is 1. The van der Waals surface area contributed by atoms with E-state index in [-0.39, 0.29) is 0 Å². The Balaban J connectivity index is 2.51. The molecule has 1 heterocycles. The largest absolute Gasteiger partial charge is 0.382 e. The van der Waals surface area contributed by atoms with Gasteiger partial charge in [-0.25, -0.2) is 0 Å². The molecule has 0 aliphatic rings. The Bertz CT molecular complexity index is 378. The molecule has 88 valence electrons. The van der Waals surface area contributed by atoms with E-state index >= 15 is 0 Å². The van der Waals surface area contributed by atoms with Gasteiger partial charge in [0.05, 0.1) is 5.69 Å². The molecule has 0 saturated heterocycles. The van der Waals surface area contributed by atoms with Crippen LogP contribution in [0.25, 0.3) is 0 Å². The Morgan fingerprint density at radius 3 is 2.94 bits per heavy atom. The topological polar surface area (TPSA) is 62.9 Å². The van der Waals surface area contributed by atoms with E-state index in [1.165, 1.54) is 0 Å². The van der Waals surface area contributed by atoms with E-state index in [1.807, 2.05) is 20.9 Å². The van der Waals surface area contributed by atoms with Gasteiger partial charge in [0.1, 0.15) is 17.5 Å². The van der Waals surface area contributed by atoms with Crippen molar-refractivity contribution in [2.24, 2.45) is 7.05 Å². The van der Waals surface area contributed by atoms with Crippen LogP contribution in [0.15, 0.2) is 0 Å². The highest BCUT2D eigenvalue weighted by Gasteiger charge is 2.11. The van der Waals surface area contributed by atoms with E-state index in [4.69, 9.17) is 10.00 Å². The molecule has 1 rings (SSSR count). The molecule has 5 nitrogen and oxygen atoms in total. The second-order valence-electron chi connectivity index (χ2n) is 3.52. The monoisotopic (exact) mass is 222 g/mol. The summed E-state index contributed by atoms with van der Waals surface area (Å²) >= 11 is 0. The Hall–Kier alpha value is -1.54. The van der Waals surface area contributed by atoms with Gasteiger partial charge in [-0.3, -0.25) is 4.68 Å². The quantitative estimate of drug-likeness (QED) is 0.740. The van der Waals surface area contributed by atoms with Crippen LogP contribution >= 0.6 is 0 Å². The van der Waals surface area contributed by atoms with E-state index in [0.717, 1.165) is 37.7 Å². The predicted molar refractivity (Wildman–Crippen MR) is 62.3 cm³/mol. The van der Waals surface area contributed by atoms with Crippen LogP contribution in [0.3, 0.4) is 0 Å². The highest BCUT2D eigenvalue weighted by molar-refractivity contribution is 5.54. The number of aryl methyl sites for hydroxylation is 2. The molecule has 0 atom stereocenters. The summed E-state index contributed by atoms with van der Waals surface area (Å²) in [6.45, 7) is 6.08. The number of nitrogens with zero attached hydrogens (tertiary/aromatic N) is 3. The molecule has 0 fully saturated rings. The molecule has 0 aromatic carbocycles. The zero-order valence-electron chi connectivity index (χ0n) is 10.1. The van der Waals surface area contributed by atoms with Gasteiger partial charge in [0.2, 0.25) is 0 Å². The van der Waals surface area contributed by atoms with Gasteiger partial charge in [0, 0.05) is 26.8 Å². The molecule has 0 aliphatic heterocycles. The van der Waals surface area contributed by atoms with E-state index < -0.39 is 0 Å². The molecular weight excluding hydrogens is 204 g/mol. The van der Waals surface area contributed by atoms with Crippen LogP contribution in [0.4, 0.5) is 5.82 Å². The van der Waals surface area contributed by atoms with Crippen LogP contribution in [-0.2, 0) is 11.8 Å². The minimum atomic E-state index is 0.624. The fourth-order valence-corrected chi connectivity index (χ4v) is 1.52. The second-order valence-corrected chi connectivity index (χ2v) is 3.52. The van der Waals surface area contributed by atoms with Crippen LogP contribution in [0.1, 0.15) is 24.6 Å². The average molecular weight is 222 g/mol. The lowest BCUT2D eigenvalue weighted by atomic mass is 10.2. The third-order valence-electron chi connectivity index (χ3n) is 2.30. The maximum Gasteiger partial charge on any atom is 0.142 e. The van der Waals surface area contributed by atoms with Crippen molar-refractivity contribution >= 4 is 5.82 Å². The van der Waals surface area contributed by atoms with E-state index in [0.29, 0.717) is 5.56 Å². The number of rotatable bonds is 6. The standard InChI is InChI=1S/C11H18N4O/c1-4-16-7-5-6-13-11-10(8-12)9(2)14-15(11)3/h13H,4-7H2,1-3H3. The van der Waals surface area contributed by atoms with Gasteiger partial charge in [0.25, 0.3) is 0 Å². The summed E-state index contributed by atoms with van der Waals surface area (Å²) in [5.41, 5.74) is 1.39. The maximum absolute atomic E-state index is 8.99. The van der Waals surface area contributed by atoms with Gasteiger partial charge in [0.15, 0.2) is 0 Å². The summed E-state index contributed by atoms with van der Waals surface area (Å²) in [6.07, 6.45) is 0.920. The lowest BCUT2D eigenvalue weighted by Gasteiger charge is -2.06. The first-order valence-electron chi connectivity index (χ1n) is 5.46. The Kier molecular flexibility index (Phi) is 4.80. The van der Waals surface area contributed by atoms with Crippen molar-refractivity contribution in [2.75, 3.05) is 25.1 Å². The zero-order chi connectivity index (χ0) is 12.0. The molecule has 0 amide bonds. The molecule has 1 aromatic heterocycles. The number of anilines is 1. The average Bonchev–Trinajstić information content (AvgIpc) is 2.53. The fourth-order valence-electron chi connectivity index (χ4n) is 1.52. The third kappa shape index (κ3) is 2.97. The van der Waals surface area contributed by atoms with Crippen molar-refractivity contribution in [3.8, 4) is 6.07 Å². The molecule has 0 spiro atoms.